The number of carbonyl (C=O) groups is 3. The van der Waals surface area contributed by atoms with Gasteiger partial charge < -0.3 is 16.0 Å². The van der Waals surface area contributed by atoms with Gasteiger partial charge in [-0.1, -0.05) is 26.8 Å². The molecule has 0 bridgehead atoms. The number of benzene rings is 1. The van der Waals surface area contributed by atoms with Crippen molar-refractivity contribution in [2.75, 3.05) is 11.9 Å². The Morgan fingerprint density at radius 2 is 1.87 bits per heavy atom. The summed E-state index contributed by atoms with van der Waals surface area (Å²) in [6, 6.07) is 6.92. The number of rotatable bonds is 5. The molecule has 1 aromatic rings. The van der Waals surface area contributed by atoms with E-state index in [0.717, 1.165) is 12.8 Å². The number of carbonyl (C=O) groups excluding carboxylic acids is 3. The minimum atomic E-state index is -0.515. The lowest BCUT2D eigenvalue weighted by Gasteiger charge is -2.18. The molecule has 1 aromatic carbocycles. The molecule has 1 aliphatic rings. The highest BCUT2D eigenvalue weighted by Crippen LogP contribution is 2.19. The summed E-state index contributed by atoms with van der Waals surface area (Å²) in [7, 11) is 0. The maximum Gasteiger partial charge on any atom is 0.251 e. The van der Waals surface area contributed by atoms with Crippen molar-refractivity contribution in [3.63, 3.8) is 0 Å². The van der Waals surface area contributed by atoms with Crippen LogP contribution >= 0.6 is 0 Å². The van der Waals surface area contributed by atoms with Crippen molar-refractivity contribution in [1.29, 1.82) is 0 Å². The van der Waals surface area contributed by atoms with E-state index in [1.807, 2.05) is 20.8 Å². The van der Waals surface area contributed by atoms with Gasteiger partial charge in [0.2, 0.25) is 11.8 Å². The summed E-state index contributed by atoms with van der Waals surface area (Å²) in [4.78, 5) is 35.6. The zero-order chi connectivity index (χ0) is 17.0. The number of anilines is 1. The third-order valence-corrected chi connectivity index (χ3v) is 3.42. The van der Waals surface area contributed by atoms with Crippen molar-refractivity contribution in [2.45, 2.75) is 39.7 Å². The van der Waals surface area contributed by atoms with Crippen molar-refractivity contribution in [3.8, 4) is 0 Å². The first-order chi connectivity index (χ1) is 10.8. The predicted octanol–water partition coefficient (Wildman–Crippen LogP) is 1.68. The third kappa shape index (κ3) is 5.39. The zero-order valence-corrected chi connectivity index (χ0v) is 13.7. The van der Waals surface area contributed by atoms with Gasteiger partial charge in [0.25, 0.3) is 5.91 Å². The average molecular weight is 317 g/mol. The van der Waals surface area contributed by atoms with Crippen LogP contribution in [0.15, 0.2) is 24.3 Å². The number of nitrogens with one attached hydrogen (secondary N) is 3. The monoisotopic (exact) mass is 317 g/mol. The standard InChI is InChI=1S/C17H23N3O3/c1-17(2,3)16(23)20-13-6-4-5-11(9-13)15(22)18-10-14(21)19-12-7-8-12/h4-6,9,12H,7-8,10H2,1-3H3,(H,18,22)(H,19,21)(H,20,23). The molecule has 23 heavy (non-hydrogen) atoms. The van der Waals surface area contributed by atoms with Crippen molar-refractivity contribution in [2.24, 2.45) is 5.41 Å². The van der Waals surface area contributed by atoms with Crippen LogP contribution in [-0.2, 0) is 9.59 Å². The summed E-state index contributed by atoms with van der Waals surface area (Å²) in [5.74, 6) is -0.653. The van der Waals surface area contributed by atoms with Gasteiger partial charge in [-0.25, -0.2) is 0 Å². The molecule has 0 atom stereocenters. The Kier molecular flexibility index (Phi) is 5.03. The molecule has 1 saturated carbocycles. The van der Waals surface area contributed by atoms with E-state index < -0.39 is 5.41 Å². The molecular weight excluding hydrogens is 294 g/mol. The van der Waals surface area contributed by atoms with Crippen LogP contribution < -0.4 is 16.0 Å². The number of amides is 3. The minimum absolute atomic E-state index is 0.0477. The lowest BCUT2D eigenvalue weighted by atomic mass is 9.95. The number of hydrogen-bond donors (Lipinski definition) is 3. The van der Waals surface area contributed by atoms with Gasteiger partial charge in [-0.05, 0) is 31.0 Å². The third-order valence-electron chi connectivity index (χ3n) is 3.42. The maximum absolute atomic E-state index is 12.1. The van der Waals surface area contributed by atoms with Crippen LogP contribution in [-0.4, -0.2) is 30.3 Å². The van der Waals surface area contributed by atoms with Gasteiger partial charge in [0.1, 0.15) is 0 Å². The summed E-state index contributed by atoms with van der Waals surface area (Å²) in [6.45, 7) is 5.40. The van der Waals surface area contributed by atoms with E-state index in [4.69, 9.17) is 0 Å². The molecular formula is C17H23N3O3. The quantitative estimate of drug-likeness (QED) is 0.772. The Bertz CT molecular complexity index is 616. The molecule has 0 spiro atoms. The van der Waals surface area contributed by atoms with Crippen LogP contribution in [0, 0.1) is 5.41 Å². The molecule has 3 N–H and O–H groups in total. The highest BCUT2D eigenvalue weighted by molar-refractivity contribution is 5.99. The fourth-order valence-electron chi connectivity index (χ4n) is 1.83. The van der Waals surface area contributed by atoms with Crippen LogP contribution in [0.25, 0.3) is 0 Å². The molecule has 1 aliphatic carbocycles. The van der Waals surface area contributed by atoms with Gasteiger partial charge in [-0.3, -0.25) is 14.4 Å². The topological polar surface area (TPSA) is 87.3 Å². The summed E-state index contributed by atoms with van der Waals surface area (Å²) >= 11 is 0. The van der Waals surface area contributed by atoms with Gasteiger partial charge in [0, 0.05) is 22.7 Å². The van der Waals surface area contributed by atoms with Gasteiger partial charge in [-0.2, -0.15) is 0 Å². The molecule has 0 aliphatic heterocycles. The van der Waals surface area contributed by atoms with Gasteiger partial charge in [0.05, 0.1) is 6.54 Å². The SMILES string of the molecule is CC(C)(C)C(=O)Nc1cccc(C(=O)NCC(=O)NC2CC2)c1. The molecule has 0 aromatic heterocycles. The van der Waals surface area contributed by atoms with E-state index in [0.29, 0.717) is 11.3 Å². The largest absolute Gasteiger partial charge is 0.352 e. The zero-order valence-electron chi connectivity index (χ0n) is 13.7. The molecule has 0 unspecified atom stereocenters. The highest BCUT2D eigenvalue weighted by Gasteiger charge is 2.23. The smallest absolute Gasteiger partial charge is 0.251 e. The van der Waals surface area contributed by atoms with Gasteiger partial charge in [0.15, 0.2) is 0 Å². The van der Waals surface area contributed by atoms with E-state index in [2.05, 4.69) is 16.0 Å². The summed E-state index contributed by atoms with van der Waals surface area (Å²) < 4.78 is 0. The molecule has 6 nitrogen and oxygen atoms in total. The first-order valence-corrected chi connectivity index (χ1v) is 7.75. The van der Waals surface area contributed by atoms with Gasteiger partial charge >= 0.3 is 0 Å². The van der Waals surface area contributed by atoms with E-state index in [-0.39, 0.29) is 30.3 Å². The second-order valence-corrected chi connectivity index (χ2v) is 6.81. The molecule has 6 heteroatoms. The molecule has 0 radical (unpaired) electrons. The summed E-state index contributed by atoms with van der Waals surface area (Å²) in [6.07, 6.45) is 2.02. The highest BCUT2D eigenvalue weighted by atomic mass is 16.2. The average Bonchev–Trinajstić information content (AvgIpc) is 3.28. The van der Waals surface area contributed by atoms with Crippen molar-refractivity contribution in [3.05, 3.63) is 29.8 Å². The van der Waals surface area contributed by atoms with Crippen molar-refractivity contribution < 1.29 is 14.4 Å². The maximum atomic E-state index is 12.1. The van der Waals surface area contributed by atoms with Crippen LogP contribution in [0.1, 0.15) is 44.0 Å². The Labute approximate surface area is 136 Å². The van der Waals surface area contributed by atoms with Crippen LogP contribution in [0.5, 0.6) is 0 Å². The molecule has 2 rings (SSSR count). The lowest BCUT2D eigenvalue weighted by Crippen LogP contribution is -2.37. The van der Waals surface area contributed by atoms with Crippen molar-refractivity contribution in [1.82, 2.24) is 10.6 Å². The minimum Gasteiger partial charge on any atom is -0.352 e. The molecule has 0 saturated heterocycles. The predicted molar refractivity (Wildman–Crippen MR) is 88.0 cm³/mol. The van der Waals surface area contributed by atoms with Crippen LogP contribution in [0.2, 0.25) is 0 Å². The lowest BCUT2D eigenvalue weighted by molar-refractivity contribution is -0.123. The second-order valence-electron chi connectivity index (χ2n) is 6.81. The molecule has 3 amide bonds. The Morgan fingerprint density at radius 3 is 2.48 bits per heavy atom. The Morgan fingerprint density at radius 1 is 1.17 bits per heavy atom. The Hall–Kier alpha value is -2.37. The molecule has 1 fully saturated rings. The van der Waals surface area contributed by atoms with E-state index >= 15 is 0 Å². The second kappa shape index (κ2) is 6.81. The molecule has 124 valence electrons. The van der Waals surface area contributed by atoms with Crippen LogP contribution in [0.3, 0.4) is 0 Å². The fourth-order valence-corrected chi connectivity index (χ4v) is 1.83. The number of hydrogen-bond acceptors (Lipinski definition) is 3. The van der Waals surface area contributed by atoms with Gasteiger partial charge in [-0.15, -0.1) is 0 Å². The van der Waals surface area contributed by atoms with Crippen molar-refractivity contribution >= 4 is 23.4 Å². The molecule has 0 heterocycles. The van der Waals surface area contributed by atoms with E-state index in [9.17, 15) is 14.4 Å². The van der Waals surface area contributed by atoms with Crippen LogP contribution in [0.4, 0.5) is 5.69 Å². The first-order valence-electron chi connectivity index (χ1n) is 7.75. The first kappa shape index (κ1) is 17.0. The Balaban J connectivity index is 1.91. The normalized spacial score (nSPS) is 14.0. The summed E-state index contributed by atoms with van der Waals surface area (Å²) in [5.41, 5.74) is 0.440. The fraction of sp³-hybridized carbons (Fsp3) is 0.471. The summed E-state index contributed by atoms with van der Waals surface area (Å²) in [5, 5.41) is 8.16. The van der Waals surface area contributed by atoms with E-state index in [1.165, 1.54) is 0 Å². The van der Waals surface area contributed by atoms with E-state index in [1.54, 1.807) is 24.3 Å².